The van der Waals surface area contributed by atoms with E-state index in [-0.39, 0.29) is 0 Å². The maximum Gasteiger partial charge on any atom is 0.132 e. The van der Waals surface area contributed by atoms with Gasteiger partial charge in [0.15, 0.2) is 0 Å². The van der Waals surface area contributed by atoms with Gasteiger partial charge in [0, 0.05) is 12.8 Å². The van der Waals surface area contributed by atoms with Crippen LogP contribution in [0.15, 0.2) is 0 Å². The predicted molar refractivity (Wildman–Crippen MR) is 65.9 cm³/mol. The van der Waals surface area contributed by atoms with Gasteiger partial charge in [-0.2, -0.15) is 0 Å². The van der Waals surface area contributed by atoms with Crippen molar-refractivity contribution in [1.29, 1.82) is 0 Å². The fourth-order valence-corrected chi connectivity index (χ4v) is 1.69. The van der Waals surface area contributed by atoms with Crippen LogP contribution < -0.4 is 5.73 Å². The van der Waals surface area contributed by atoms with Crippen molar-refractivity contribution >= 4 is 5.78 Å². The molecule has 1 aliphatic rings. The Morgan fingerprint density at radius 1 is 1.00 bits per heavy atom. The monoisotopic (exact) mass is 213 g/mol. The van der Waals surface area contributed by atoms with Crippen molar-refractivity contribution in [2.75, 3.05) is 6.54 Å². The SMILES string of the molecule is CCCCCCCN.O=C1CCCCC1. The van der Waals surface area contributed by atoms with E-state index in [1.807, 2.05) is 0 Å². The average molecular weight is 213 g/mol. The lowest BCUT2D eigenvalue weighted by molar-refractivity contribution is -0.120. The van der Waals surface area contributed by atoms with Gasteiger partial charge in [-0.3, -0.25) is 4.79 Å². The summed E-state index contributed by atoms with van der Waals surface area (Å²) in [6.45, 7) is 3.09. The van der Waals surface area contributed by atoms with Gasteiger partial charge >= 0.3 is 0 Å². The summed E-state index contributed by atoms with van der Waals surface area (Å²) in [5, 5.41) is 0. The third-order valence-corrected chi connectivity index (χ3v) is 2.72. The molecule has 15 heavy (non-hydrogen) atoms. The van der Waals surface area contributed by atoms with Crippen molar-refractivity contribution in [3.8, 4) is 0 Å². The molecule has 2 heteroatoms. The maximum absolute atomic E-state index is 10.5. The quantitative estimate of drug-likeness (QED) is 0.711. The summed E-state index contributed by atoms with van der Waals surface area (Å²) in [7, 11) is 0. The molecule has 0 radical (unpaired) electrons. The van der Waals surface area contributed by atoms with E-state index in [4.69, 9.17) is 5.73 Å². The second-order valence-electron chi connectivity index (χ2n) is 4.30. The Bertz CT molecular complexity index is 131. The Labute approximate surface area is 94.6 Å². The Kier molecular flexibility index (Phi) is 11.4. The molecule has 0 saturated heterocycles. The van der Waals surface area contributed by atoms with Crippen LogP contribution in [0.4, 0.5) is 0 Å². The maximum atomic E-state index is 10.5. The first kappa shape index (κ1) is 14.6. The zero-order chi connectivity index (χ0) is 11.4. The summed E-state index contributed by atoms with van der Waals surface area (Å²) in [6.07, 6.45) is 11.8. The topological polar surface area (TPSA) is 43.1 Å². The number of nitrogens with two attached hydrogens (primary N) is 1. The van der Waals surface area contributed by atoms with E-state index in [9.17, 15) is 4.79 Å². The summed E-state index contributed by atoms with van der Waals surface area (Å²) >= 11 is 0. The third kappa shape index (κ3) is 11.6. The first-order valence-corrected chi connectivity index (χ1v) is 6.53. The van der Waals surface area contributed by atoms with Crippen LogP contribution in [0, 0.1) is 0 Å². The van der Waals surface area contributed by atoms with E-state index in [0.29, 0.717) is 5.78 Å². The van der Waals surface area contributed by atoms with Gasteiger partial charge < -0.3 is 5.73 Å². The minimum absolute atomic E-state index is 0.464. The molecule has 0 aromatic rings. The number of carbonyl (C=O) groups excluding carboxylic acids is 1. The molecule has 2 nitrogen and oxygen atoms in total. The molecule has 0 amide bonds. The number of Topliss-reactive ketones (excluding diaryl/α,β-unsaturated/α-hetero) is 1. The molecule has 0 heterocycles. The molecular formula is C13H27NO. The second kappa shape index (κ2) is 11.7. The normalized spacial score (nSPS) is 15.7. The molecule has 1 aliphatic carbocycles. The number of unbranched alkanes of at least 4 members (excludes halogenated alkanes) is 4. The van der Waals surface area contributed by atoms with Crippen molar-refractivity contribution in [2.24, 2.45) is 5.73 Å². The summed E-state index contributed by atoms with van der Waals surface area (Å²) in [5.41, 5.74) is 5.31. The molecule has 0 bridgehead atoms. The van der Waals surface area contributed by atoms with Gasteiger partial charge in [0.25, 0.3) is 0 Å². The summed E-state index contributed by atoms with van der Waals surface area (Å²) in [4.78, 5) is 10.5. The van der Waals surface area contributed by atoms with E-state index in [1.165, 1.54) is 38.5 Å². The van der Waals surface area contributed by atoms with Crippen LogP contribution in [0.1, 0.15) is 71.1 Å². The van der Waals surface area contributed by atoms with Gasteiger partial charge in [0.05, 0.1) is 0 Å². The van der Waals surface area contributed by atoms with Crippen LogP contribution >= 0.6 is 0 Å². The molecule has 0 spiro atoms. The Morgan fingerprint density at radius 2 is 1.60 bits per heavy atom. The fraction of sp³-hybridized carbons (Fsp3) is 0.923. The molecule has 0 aromatic heterocycles. The van der Waals surface area contributed by atoms with Crippen molar-refractivity contribution in [3.05, 3.63) is 0 Å². The minimum Gasteiger partial charge on any atom is -0.330 e. The zero-order valence-corrected chi connectivity index (χ0v) is 10.3. The molecule has 0 atom stereocenters. The Balaban J connectivity index is 0.000000262. The van der Waals surface area contributed by atoms with Crippen molar-refractivity contribution < 1.29 is 4.79 Å². The standard InChI is InChI=1S/C7H17N.C6H10O/c1-2-3-4-5-6-7-8;7-6-4-2-1-3-5-6/h2-8H2,1H3;1-5H2. The van der Waals surface area contributed by atoms with Crippen LogP contribution in [0.25, 0.3) is 0 Å². The zero-order valence-electron chi connectivity index (χ0n) is 10.3. The Hall–Kier alpha value is -0.370. The molecule has 1 fully saturated rings. The van der Waals surface area contributed by atoms with E-state index in [2.05, 4.69) is 6.92 Å². The minimum atomic E-state index is 0.464. The number of hydrogen-bond donors (Lipinski definition) is 1. The summed E-state index contributed by atoms with van der Waals surface area (Å²) in [6, 6.07) is 0. The van der Waals surface area contributed by atoms with Crippen LogP contribution in [0.3, 0.4) is 0 Å². The van der Waals surface area contributed by atoms with Crippen LogP contribution in [0.5, 0.6) is 0 Å². The average Bonchev–Trinajstić information content (AvgIpc) is 2.27. The molecule has 0 aromatic carbocycles. The van der Waals surface area contributed by atoms with Gasteiger partial charge in [-0.1, -0.05) is 39.0 Å². The van der Waals surface area contributed by atoms with Crippen LogP contribution in [-0.4, -0.2) is 12.3 Å². The number of carbonyl (C=O) groups is 1. The van der Waals surface area contributed by atoms with E-state index in [1.54, 1.807) is 0 Å². The van der Waals surface area contributed by atoms with Gasteiger partial charge in [0.2, 0.25) is 0 Å². The predicted octanol–water partition coefficient (Wildman–Crippen LogP) is 3.44. The lowest BCUT2D eigenvalue weighted by atomic mass is 10.00. The lowest BCUT2D eigenvalue weighted by Crippen LogP contribution is -2.02. The van der Waals surface area contributed by atoms with Crippen LogP contribution in [0.2, 0.25) is 0 Å². The second-order valence-corrected chi connectivity index (χ2v) is 4.30. The van der Waals surface area contributed by atoms with E-state index < -0.39 is 0 Å². The van der Waals surface area contributed by atoms with Gasteiger partial charge in [-0.05, 0) is 25.8 Å². The highest BCUT2D eigenvalue weighted by molar-refractivity contribution is 5.78. The van der Waals surface area contributed by atoms with E-state index in [0.717, 1.165) is 32.2 Å². The molecule has 2 N–H and O–H groups in total. The van der Waals surface area contributed by atoms with Crippen molar-refractivity contribution in [2.45, 2.75) is 71.1 Å². The molecular weight excluding hydrogens is 186 g/mol. The number of rotatable bonds is 5. The molecule has 1 saturated carbocycles. The Morgan fingerprint density at radius 3 is 2.00 bits per heavy atom. The highest BCUT2D eigenvalue weighted by Crippen LogP contribution is 2.12. The van der Waals surface area contributed by atoms with Gasteiger partial charge in [0.1, 0.15) is 5.78 Å². The number of ketones is 1. The molecule has 0 unspecified atom stereocenters. The smallest absolute Gasteiger partial charge is 0.132 e. The third-order valence-electron chi connectivity index (χ3n) is 2.72. The largest absolute Gasteiger partial charge is 0.330 e. The molecule has 1 rings (SSSR count). The van der Waals surface area contributed by atoms with Gasteiger partial charge in [-0.25, -0.2) is 0 Å². The summed E-state index contributed by atoms with van der Waals surface area (Å²) in [5.74, 6) is 0.464. The van der Waals surface area contributed by atoms with Crippen molar-refractivity contribution in [1.82, 2.24) is 0 Å². The first-order chi connectivity index (χ1) is 7.31. The van der Waals surface area contributed by atoms with Crippen molar-refractivity contribution in [3.63, 3.8) is 0 Å². The van der Waals surface area contributed by atoms with Gasteiger partial charge in [-0.15, -0.1) is 0 Å². The molecule has 0 aliphatic heterocycles. The van der Waals surface area contributed by atoms with E-state index >= 15 is 0 Å². The first-order valence-electron chi connectivity index (χ1n) is 6.53. The fourth-order valence-electron chi connectivity index (χ4n) is 1.69. The van der Waals surface area contributed by atoms with Crippen LogP contribution in [-0.2, 0) is 4.79 Å². The highest BCUT2D eigenvalue weighted by Gasteiger charge is 2.05. The highest BCUT2D eigenvalue weighted by atomic mass is 16.1. The number of hydrogen-bond acceptors (Lipinski definition) is 2. The summed E-state index contributed by atoms with van der Waals surface area (Å²) < 4.78 is 0. The molecule has 90 valence electrons. The lowest BCUT2D eigenvalue weighted by Gasteiger charge is -2.05.